The molecule has 0 saturated heterocycles. The molecule has 0 aliphatic rings. The van der Waals surface area contributed by atoms with E-state index in [9.17, 15) is 5.26 Å². The van der Waals surface area contributed by atoms with Gasteiger partial charge >= 0.3 is 0 Å². The maximum atomic E-state index is 9.40. The average Bonchev–Trinajstić information content (AvgIpc) is 3.02. The number of nitrogens with zero attached hydrogens (tertiary/aromatic N) is 2. The Bertz CT molecular complexity index is 1300. The monoisotopic (exact) mass is 317 g/mol. The summed E-state index contributed by atoms with van der Waals surface area (Å²) in [6.45, 7) is -0.413. The summed E-state index contributed by atoms with van der Waals surface area (Å²) in [4.78, 5) is 0. The van der Waals surface area contributed by atoms with Crippen molar-refractivity contribution in [2.45, 2.75) is 13.8 Å². The highest BCUT2D eigenvalue weighted by molar-refractivity contribution is 6.10. The Morgan fingerprint density at radius 1 is 1.12 bits per heavy atom. The van der Waals surface area contributed by atoms with Crippen LogP contribution < -0.4 is 4.57 Å². The number of fused-ring (bicyclic) bond motifs is 3. The number of pyridine rings is 1. The third-order valence-electron chi connectivity index (χ3n) is 4.31. The Kier molecular flexibility index (Phi) is 2.30. The molecule has 0 atom stereocenters. The van der Waals surface area contributed by atoms with Crippen molar-refractivity contribution in [3.05, 3.63) is 65.3 Å². The zero-order valence-corrected chi connectivity index (χ0v) is 13.3. The first-order chi connectivity index (χ1) is 13.2. The van der Waals surface area contributed by atoms with Crippen LogP contribution in [0.4, 0.5) is 0 Å². The van der Waals surface area contributed by atoms with Gasteiger partial charge in [-0.25, -0.2) is 4.57 Å². The van der Waals surface area contributed by atoms with Crippen LogP contribution in [-0.2, 0) is 7.05 Å². The summed E-state index contributed by atoms with van der Waals surface area (Å²) in [7, 11) is 1.68. The van der Waals surface area contributed by atoms with E-state index >= 15 is 0 Å². The average molecular weight is 317 g/mol. The number of nitriles is 1. The summed E-state index contributed by atoms with van der Waals surface area (Å²) >= 11 is 0. The molecule has 3 heteroatoms. The van der Waals surface area contributed by atoms with Gasteiger partial charge in [0, 0.05) is 26.5 Å². The maximum absolute atomic E-state index is 9.40. The van der Waals surface area contributed by atoms with E-state index in [-0.39, 0.29) is 11.7 Å². The molecule has 0 spiro atoms. The lowest BCUT2D eigenvalue weighted by Crippen LogP contribution is -2.31. The highest BCUT2D eigenvalue weighted by atomic mass is 16.3. The SMILES string of the molecule is [2H]c1c(C([2H])([2H])[2H])ccc(-c2c(C)ccc3c2oc2c(C#N)cccc23)[n+]1C. The fraction of sp³-hybridized carbons (Fsp3) is 0.143. The molecule has 4 rings (SSSR count). The van der Waals surface area contributed by atoms with E-state index < -0.39 is 6.85 Å². The minimum Gasteiger partial charge on any atom is -0.454 e. The van der Waals surface area contributed by atoms with E-state index in [1.807, 2.05) is 31.2 Å². The lowest BCUT2D eigenvalue weighted by atomic mass is 10.00. The third kappa shape index (κ3) is 2.00. The number of furan rings is 1. The van der Waals surface area contributed by atoms with Gasteiger partial charge in [-0.3, -0.25) is 0 Å². The second-order valence-corrected chi connectivity index (χ2v) is 5.83. The number of hydrogen-bond donors (Lipinski definition) is 0. The minimum atomic E-state index is -2.35. The largest absolute Gasteiger partial charge is 0.454 e. The van der Waals surface area contributed by atoms with Crippen LogP contribution in [0.1, 0.15) is 22.2 Å². The Balaban J connectivity index is 2.09. The summed E-state index contributed by atoms with van der Waals surface area (Å²) in [5.41, 5.74) is 4.00. The Labute approximate surface area is 146 Å². The zero-order valence-electron chi connectivity index (χ0n) is 17.3. The Morgan fingerprint density at radius 3 is 2.75 bits per heavy atom. The van der Waals surface area contributed by atoms with Crippen molar-refractivity contribution in [1.82, 2.24) is 0 Å². The van der Waals surface area contributed by atoms with Crippen molar-refractivity contribution < 1.29 is 14.5 Å². The third-order valence-corrected chi connectivity index (χ3v) is 4.31. The molecule has 0 bridgehead atoms. The molecular formula is C21H17N2O+. The predicted octanol–water partition coefficient (Wildman–Crippen LogP) is 4.57. The first-order valence-corrected chi connectivity index (χ1v) is 7.59. The van der Waals surface area contributed by atoms with Crippen LogP contribution in [0.2, 0.25) is 0 Å². The fourth-order valence-corrected chi connectivity index (χ4v) is 3.17. The molecule has 0 N–H and O–H groups in total. The van der Waals surface area contributed by atoms with Gasteiger partial charge < -0.3 is 4.42 Å². The summed E-state index contributed by atoms with van der Waals surface area (Å²) in [6, 6.07) is 14.7. The number of aromatic nitrogens is 1. The van der Waals surface area contributed by atoms with Gasteiger partial charge in [0.2, 0.25) is 5.69 Å². The molecule has 3 nitrogen and oxygen atoms in total. The van der Waals surface area contributed by atoms with E-state index in [0.717, 1.165) is 21.9 Å². The molecule has 2 aromatic heterocycles. The van der Waals surface area contributed by atoms with Gasteiger partial charge in [-0.15, -0.1) is 0 Å². The summed E-state index contributed by atoms with van der Waals surface area (Å²) < 4.78 is 38.9. The van der Waals surface area contributed by atoms with Crippen LogP contribution >= 0.6 is 0 Å². The molecule has 0 aliphatic carbocycles. The van der Waals surface area contributed by atoms with Crippen LogP contribution in [0.5, 0.6) is 0 Å². The molecule has 0 fully saturated rings. The van der Waals surface area contributed by atoms with Gasteiger partial charge in [0.05, 0.1) is 11.1 Å². The van der Waals surface area contributed by atoms with Gasteiger partial charge in [0.15, 0.2) is 11.8 Å². The molecular weight excluding hydrogens is 296 g/mol. The molecule has 2 heterocycles. The molecule has 4 aromatic rings. The van der Waals surface area contributed by atoms with Gasteiger partial charge in [-0.1, -0.05) is 24.3 Å². The van der Waals surface area contributed by atoms with Gasteiger partial charge in [0.1, 0.15) is 20.1 Å². The summed E-state index contributed by atoms with van der Waals surface area (Å²) in [5, 5.41) is 11.1. The number of hydrogen-bond acceptors (Lipinski definition) is 2. The number of para-hydroxylation sites is 1. The highest BCUT2D eigenvalue weighted by Gasteiger charge is 2.21. The van der Waals surface area contributed by atoms with Crippen molar-refractivity contribution in [3.63, 3.8) is 0 Å². The standard InChI is InChI=1S/C21H17N2O/c1-13-7-10-18(23(3)12-13)19-14(2)8-9-17-16-6-4-5-15(11-22)20(16)24-21(17)19/h4-10,12H,1-3H3/q+1/i1D3,12D. The van der Waals surface area contributed by atoms with Crippen LogP contribution in [0, 0.1) is 25.1 Å². The van der Waals surface area contributed by atoms with Crippen molar-refractivity contribution in [1.29, 1.82) is 5.26 Å². The van der Waals surface area contributed by atoms with Gasteiger partial charge in [-0.05, 0) is 31.5 Å². The topological polar surface area (TPSA) is 40.8 Å². The predicted molar refractivity (Wildman–Crippen MR) is 94.5 cm³/mol. The first-order valence-electron chi connectivity index (χ1n) is 9.59. The number of aryl methyl sites for hydroxylation is 2. The van der Waals surface area contributed by atoms with Crippen molar-refractivity contribution in [2.75, 3.05) is 0 Å². The molecule has 0 aliphatic heterocycles. The van der Waals surface area contributed by atoms with Crippen molar-refractivity contribution in [3.8, 4) is 17.3 Å². The molecule has 0 unspecified atom stereocenters. The van der Waals surface area contributed by atoms with E-state index in [1.54, 1.807) is 23.7 Å². The summed E-state index contributed by atoms with van der Waals surface area (Å²) in [6.07, 6.45) is -0.0669. The van der Waals surface area contributed by atoms with Crippen molar-refractivity contribution in [2.24, 2.45) is 7.05 Å². The highest BCUT2D eigenvalue weighted by Crippen LogP contribution is 2.37. The zero-order chi connectivity index (χ0) is 20.2. The minimum absolute atomic E-state index is 0.0000455. The quantitative estimate of drug-likeness (QED) is 0.483. The van der Waals surface area contributed by atoms with Crippen LogP contribution in [-0.4, -0.2) is 0 Å². The lowest BCUT2D eigenvalue weighted by molar-refractivity contribution is -0.660. The second kappa shape index (κ2) is 5.21. The normalized spacial score (nSPS) is 14.0. The van der Waals surface area contributed by atoms with E-state index in [1.165, 1.54) is 6.07 Å². The molecule has 2 aromatic carbocycles. The van der Waals surface area contributed by atoms with Crippen LogP contribution in [0.25, 0.3) is 33.2 Å². The molecule has 0 radical (unpaired) electrons. The smallest absolute Gasteiger partial charge is 0.216 e. The Morgan fingerprint density at radius 2 is 1.96 bits per heavy atom. The second-order valence-electron chi connectivity index (χ2n) is 5.83. The molecule has 24 heavy (non-hydrogen) atoms. The van der Waals surface area contributed by atoms with E-state index in [4.69, 9.17) is 9.90 Å². The fourth-order valence-electron chi connectivity index (χ4n) is 3.17. The molecule has 116 valence electrons. The van der Waals surface area contributed by atoms with Gasteiger partial charge in [-0.2, -0.15) is 5.26 Å². The summed E-state index contributed by atoms with van der Waals surface area (Å²) in [5.74, 6) is 0. The van der Waals surface area contributed by atoms with E-state index in [2.05, 4.69) is 6.07 Å². The van der Waals surface area contributed by atoms with Gasteiger partial charge in [0.25, 0.3) is 0 Å². The van der Waals surface area contributed by atoms with Crippen LogP contribution in [0.3, 0.4) is 0 Å². The Hall–Kier alpha value is -3.12. The van der Waals surface area contributed by atoms with E-state index in [0.29, 0.717) is 22.4 Å². The number of rotatable bonds is 1. The maximum Gasteiger partial charge on any atom is 0.216 e. The molecule has 0 amide bonds. The molecule has 0 saturated carbocycles. The lowest BCUT2D eigenvalue weighted by Gasteiger charge is -2.05. The first kappa shape index (κ1) is 10.6. The van der Waals surface area contributed by atoms with Crippen molar-refractivity contribution >= 4 is 21.9 Å². The van der Waals surface area contributed by atoms with Crippen LogP contribution in [0.15, 0.2) is 53.1 Å². The number of benzene rings is 2.